The Morgan fingerprint density at radius 3 is 2.52 bits per heavy atom. The normalized spacial score (nSPS) is 12.0. The molecule has 110 valence electrons. The molecule has 1 atom stereocenters. The Morgan fingerprint density at radius 1 is 1.19 bits per heavy atom. The van der Waals surface area contributed by atoms with E-state index in [9.17, 15) is 13.6 Å². The van der Waals surface area contributed by atoms with Crippen LogP contribution in [0.1, 0.15) is 34.5 Å². The summed E-state index contributed by atoms with van der Waals surface area (Å²) in [5.74, 6) is -2.80. The van der Waals surface area contributed by atoms with Gasteiger partial charge in [-0.25, -0.2) is 8.78 Å². The molecule has 0 heterocycles. The second-order valence-electron chi connectivity index (χ2n) is 4.88. The van der Waals surface area contributed by atoms with Gasteiger partial charge in [0.2, 0.25) is 0 Å². The molecule has 0 aliphatic carbocycles. The van der Waals surface area contributed by atoms with Crippen molar-refractivity contribution >= 4 is 11.6 Å². The Labute approximate surface area is 121 Å². The number of rotatable bonds is 3. The minimum atomic E-state index is -1.04. The highest BCUT2D eigenvalue weighted by atomic mass is 19.1. The smallest absolute Gasteiger partial charge is 0.257 e. The van der Waals surface area contributed by atoms with E-state index in [1.165, 1.54) is 0 Å². The number of amides is 1. The molecule has 0 spiro atoms. The quantitative estimate of drug-likeness (QED) is 0.852. The van der Waals surface area contributed by atoms with Gasteiger partial charge in [0.05, 0.1) is 11.7 Å². The van der Waals surface area contributed by atoms with Gasteiger partial charge in [-0.05, 0) is 37.1 Å². The molecule has 0 saturated heterocycles. The molecule has 2 aromatic rings. The summed E-state index contributed by atoms with van der Waals surface area (Å²) in [6.07, 6.45) is 0. The van der Waals surface area contributed by atoms with E-state index in [1.807, 2.05) is 31.2 Å². The molecule has 0 aliphatic heterocycles. The molecule has 1 unspecified atom stereocenters. The molecular formula is C16H16F2N2O. The molecule has 1 amide bonds. The van der Waals surface area contributed by atoms with Crippen molar-refractivity contribution in [2.24, 2.45) is 0 Å². The number of carbonyl (C=O) groups excluding carboxylic acids is 1. The summed E-state index contributed by atoms with van der Waals surface area (Å²) in [6.45, 7) is 3.65. The van der Waals surface area contributed by atoms with Gasteiger partial charge in [-0.3, -0.25) is 4.79 Å². The lowest BCUT2D eigenvalue weighted by molar-refractivity contribution is 0.0931. The summed E-state index contributed by atoms with van der Waals surface area (Å²) < 4.78 is 27.5. The van der Waals surface area contributed by atoms with Gasteiger partial charge in [-0.15, -0.1) is 0 Å². The fourth-order valence-electron chi connectivity index (χ4n) is 2.20. The number of aryl methyl sites for hydroxylation is 1. The molecular weight excluding hydrogens is 274 g/mol. The number of nitrogens with one attached hydrogen (secondary N) is 1. The van der Waals surface area contributed by atoms with Crippen LogP contribution in [0.3, 0.4) is 0 Å². The minimum absolute atomic E-state index is 0.259. The van der Waals surface area contributed by atoms with Crippen molar-refractivity contribution in [2.45, 2.75) is 19.9 Å². The van der Waals surface area contributed by atoms with E-state index in [0.717, 1.165) is 23.3 Å². The Morgan fingerprint density at radius 2 is 1.86 bits per heavy atom. The van der Waals surface area contributed by atoms with Crippen molar-refractivity contribution in [1.29, 1.82) is 0 Å². The van der Waals surface area contributed by atoms with Gasteiger partial charge in [0.15, 0.2) is 5.82 Å². The maximum Gasteiger partial charge on any atom is 0.257 e. The largest absolute Gasteiger partial charge is 0.396 e. The molecule has 0 radical (unpaired) electrons. The molecule has 0 saturated carbocycles. The number of nitrogens with two attached hydrogens (primary N) is 1. The molecule has 21 heavy (non-hydrogen) atoms. The van der Waals surface area contributed by atoms with Gasteiger partial charge in [0.1, 0.15) is 11.4 Å². The summed E-state index contributed by atoms with van der Waals surface area (Å²) in [5.41, 5.74) is 6.33. The zero-order valence-electron chi connectivity index (χ0n) is 11.8. The molecule has 5 heteroatoms. The van der Waals surface area contributed by atoms with Crippen molar-refractivity contribution in [2.75, 3.05) is 5.73 Å². The summed E-state index contributed by atoms with van der Waals surface area (Å²) in [7, 11) is 0. The third-order valence-corrected chi connectivity index (χ3v) is 3.35. The lowest BCUT2D eigenvalue weighted by Crippen LogP contribution is -2.29. The molecule has 0 fully saturated rings. The highest BCUT2D eigenvalue weighted by Crippen LogP contribution is 2.21. The second kappa shape index (κ2) is 5.91. The molecule has 3 N–H and O–H groups in total. The number of benzene rings is 2. The molecule has 3 nitrogen and oxygen atoms in total. The maximum atomic E-state index is 13.8. The van der Waals surface area contributed by atoms with Gasteiger partial charge in [-0.1, -0.05) is 24.3 Å². The fourth-order valence-corrected chi connectivity index (χ4v) is 2.20. The van der Waals surface area contributed by atoms with Crippen LogP contribution in [0, 0.1) is 18.6 Å². The first-order chi connectivity index (χ1) is 9.91. The third kappa shape index (κ3) is 3.02. The highest BCUT2D eigenvalue weighted by Gasteiger charge is 2.21. The van der Waals surface area contributed by atoms with Crippen molar-refractivity contribution in [3.8, 4) is 0 Å². The van der Waals surface area contributed by atoms with Crippen LogP contribution in [0.25, 0.3) is 0 Å². The Balaban J connectivity index is 2.27. The lowest BCUT2D eigenvalue weighted by atomic mass is 10.0. The molecule has 0 aromatic heterocycles. The number of halogens is 2. The minimum Gasteiger partial charge on any atom is -0.396 e. The van der Waals surface area contributed by atoms with Gasteiger partial charge in [-0.2, -0.15) is 0 Å². The van der Waals surface area contributed by atoms with E-state index in [0.29, 0.717) is 0 Å². The van der Waals surface area contributed by atoms with Crippen LogP contribution in [0.15, 0.2) is 36.4 Å². The topological polar surface area (TPSA) is 55.1 Å². The van der Waals surface area contributed by atoms with E-state index in [2.05, 4.69) is 5.32 Å². The van der Waals surface area contributed by atoms with E-state index in [4.69, 9.17) is 5.73 Å². The average Bonchev–Trinajstić information content (AvgIpc) is 2.43. The van der Waals surface area contributed by atoms with E-state index in [-0.39, 0.29) is 11.7 Å². The van der Waals surface area contributed by atoms with Crippen molar-refractivity contribution in [3.63, 3.8) is 0 Å². The zero-order chi connectivity index (χ0) is 15.6. The number of anilines is 1. The molecule has 0 bridgehead atoms. The predicted octanol–water partition coefficient (Wildman–Crippen LogP) is 3.35. The Bertz CT molecular complexity index is 686. The third-order valence-electron chi connectivity index (χ3n) is 3.35. The first kappa shape index (κ1) is 15.0. The lowest BCUT2D eigenvalue weighted by Gasteiger charge is -2.17. The van der Waals surface area contributed by atoms with Crippen LogP contribution in [-0.4, -0.2) is 5.91 Å². The van der Waals surface area contributed by atoms with Crippen molar-refractivity contribution in [3.05, 3.63) is 64.7 Å². The Kier molecular flexibility index (Phi) is 4.21. The summed E-state index contributed by atoms with van der Waals surface area (Å²) in [4.78, 5) is 12.1. The maximum absolute atomic E-state index is 13.8. The number of hydrogen-bond acceptors (Lipinski definition) is 2. The van der Waals surface area contributed by atoms with Crippen molar-refractivity contribution in [1.82, 2.24) is 5.32 Å². The number of carbonyl (C=O) groups is 1. The zero-order valence-corrected chi connectivity index (χ0v) is 11.8. The van der Waals surface area contributed by atoms with Crippen LogP contribution >= 0.6 is 0 Å². The molecule has 2 aromatic carbocycles. The first-order valence-corrected chi connectivity index (χ1v) is 6.51. The van der Waals surface area contributed by atoms with Gasteiger partial charge in [0, 0.05) is 0 Å². The summed E-state index contributed by atoms with van der Waals surface area (Å²) in [5, 5.41) is 2.59. The SMILES string of the molecule is Cc1ccccc1C(C)NC(=O)c1c(F)ccc(N)c1F. The summed E-state index contributed by atoms with van der Waals surface area (Å²) >= 11 is 0. The van der Waals surface area contributed by atoms with Crippen LogP contribution in [0.5, 0.6) is 0 Å². The van der Waals surface area contributed by atoms with Crippen LogP contribution in [0.4, 0.5) is 14.5 Å². The van der Waals surface area contributed by atoms with Crippen LogP contribution in [-0.2, 0) is 0 Å². The van der Waals surface area contributed by atoms with E-state index >= 15 is 0 Å². The van der Waals surface area contributed by atoms with E-state index in [1.54, 1.807) is 6.92 Å². The van der Waals surface area contributed by atoms with Gasteiger partial charge < -0.3 is 11.1 Å². The van der Waals surface area contributed by atoms with Crippen LogP contribution in [0.2, 0.25) is 0 Å². The first-order valence-electron chi connectivity index (χ1n) is 6.51. The molecule has 2 rings (SSSR count). The molecule has 0 aliphatic rings. The Hall–Kier alpha value is -2.43. The predicted molar refractivity (Wildman–Crippen MR) is 77.8 cm³/mol. The monoisotopic (exact) mass is 290 g/mol. The number of hydrogen-bond donors (Lipinski definition) is 2. The van der Waals surface area contributed by atoms with Gasteiger partial charge in [0.25, 0.3) is 5.91 Å². The fraction of sp³-hybridized carbons (Fsp3) is 0.188. The number of nitrogen functional groups attached to an aromatic ring is 1. The van der Waals surface area contributed by atoms with Crippen LogP contribution < -0.4 is 11.1 Å². The second-order valence-corrected chi connectivity index (χ2v) is 4.88. The summed E-state index contributed by atoms with van der Waals surface area (Å²) in [6, 6.07) is 9.17. The van der Waals surface area contributed by atoms with E-state index < -0.39 is 23.1 Å². The standard InChI is InChI=1S/C16H16F2N2O/c1-9-5-3-4-6-11(9)10(2)20-16(21)14-12(17)7-8-13(19)15(14)18/h3-8,10H,19H2,1-2H3,(H,20,21). The average molecular weight is 290 g/mol. The van der Waals surface area contributed by atoms with Crippen molar-refractivity contribution < 1.29 is 13.6 Å². The highest BCUT2D eigenvalue weighted by molar-refractivity contribution is 5.96. The van der Waals surface area contributed by atoms with Gasteiger partial charge >= 0.3 is 0 Å².